The van der Waals surface area contributed by atoms with E-state index in [4.69, 9.17) is 0 Å². The summed E-state index contributed by atoms with van der Waals surface area (Å²) >= 11 is 0. The highest BCUT2D eigenvalue weighted by atomic mass is 16.2. The van der Waals surface area contributed by atoms with Gasteiger partial charge in [-0.05, 0) is 57.0 Å². The summed E-state index contributed by atoms with van der Waals surface area (Å²) in [6.45, 7) is 0. The fourth-order valence-corrected chi connectivity index (χ4v) is 3.61. The van der Waals surface area contributed by atoms with E-state index in [1.54, 1.807) is 7.05 Å². The maximum absolute atomic E-state index is 11.3. The Morgan fingerprint density at radius 3 is 2.24 bits per heavy atom. The summed E-state index contributed by atoms with van der Waals surface area (Å²) in [7, 11) is 3.87. The van der Waals surface area contributed by atoms with E-state index in [1.165, 1.54) is 25.7 Å². The lowest BCUT2D eigenvalue weighted by Crippen LogP contribution is -2.44. The smallest absolute Gasteiger partial charge is 0.318 e. The van der Waals surface area contributed by atoms with Gasteiger partial charge in [0.25, 0.3) is 0 Å². The SMILES string of the molecule is CNC(=O)Nc1ccc(NC2CC3CCC(C2)N3C)cc1. The number of carbonyl (C=O) groups excluding carboxylic acids is 1. The van der Waals surface area contributed by atoms with Gasteiger partial charge in [-0.3, -0.25) is 0 Å². The molecule has 2 aliphatic rings. The molecule has 2 unspecified atom stereocenters. The maximum Gasteiger partial charge on any atom is 0.318 e. The van der Waals surface area contributed by atoms with E-state index in [9.17, 15) is 4.79 Å². The van der Waals surface area contributed by atoms with Crippen molar-refractivity contribution in [2.75, 3.05) is 24.7 Å². The molecule has 5 heteroatoms. The van der Waals surface area contributed by atoms with Gasteiger partial charge in [-0.1, -0.05) is 0 Å². The van der Waals surface area contributed by atoms with Gasteiger partial charge in [0.1, 0.15) is 0 Å². The summed E-state index contributed by atoms with van der Waals surface area (Å²) in [5, 5.41) is 8.95. The first-order valence-electron chi connectivity index (χ1n) is 7.73. The minimum Gasteiger partial charge on any atom is -0.382 e. The van der Waals surface area contributed by atoms with Gasteiger partial charge in [0.05, 0.1) is 0 Å². The van der Waals surface area contributed by atoms with Crippen molar-refractivity contribution in [1.82, 2.24) is 10.2 Å². The number of carbonyl (C=O) groups is 1. The van der Waals surface area contributed by atoms with Gasteiger partial charge in [0.2, 0.25) is 0 Å². The molecule has 21 heavy (non-hydrogen) atoms. The number of nitrogens with one attached hydrogen (secondary N) is 3. The third kappa shape index (κ3) is 3.13. The second-order valence-electron chi connectivity index (χ2n) is 6.14. The number of hydrogen-bond acceptors (Lipinski definition) is 3. The molecule has 3 N–H and O–H groups in total. The van der Waals surface area contributed by atoms with Crippen LogP contribution in [-0.2, 0) is 0 Å². The fourth-order valence-electron chi connectivity index (χ4n) is 3.61. The predicted octanol–water partition coefficient (Wildman–Crippen LogP) is 2.48. The third-order valence-corrected chi connectivity index (χ3v) is 4.84. The van der Waals surface area contributed by atoms with Gasteiger partial charge in [0.15, 0.2) is 0 Å². The number of anilines is 2. The molecule has 0 saturated carbocycles. The number of urea groups is 1. The maximum atomic E-state index is 11.3. The molecule has 114 valence electrons. The molecule has 2 fully saturated rings. The molecule has 2 saturated heterocycles. The van der Waals surface area contributed by atoms with E-state index in [1.807, 2.05) is 24.3 Å². The van der Waals surface area contributed by atoms with Crippen LogP contribution >= 0.6 is 0 Å². The Morgan fingerprint density at radius 1 is 1.10 bits per heavy atom. The Hall–Kier alpha value is -1.75. The van der Waals surface area contributed by atoms with Crippen molar-refractivity contribution in [3.63, 3.8) is 0 Å². The van der Waals surface area contributed by atoms with E-state index in [2.05, 4.69) is 27.9 Å². The summed E-state index contributed by atoms with van der Waals surface area (Å²) < 4.78 is 0. The Labute approximate surface area is 126 Å². The number of amides is 2. The van der Waals surface area contributed by atoms with E-state index < -0.39 is 0 Å². The largest absolute Gasteiger partial charge is 0.382 e. The molecule has 2 bridgehead atoms. The summed E-state index contributed by atoms with van der Waals surface area (Å²) in [6.07, 6.45) is 5.14. The van der Waals surface area contributed by atoms with Gasteiger partial charge >= 0.3 is 6.03 Å². The molecule has 2 atom stereocenters. The first-order valence-corrected chi connectivity index (χ1v) is 7.73. The fraction of sp³-hybridized carbons (Fsp3) is 0.562. The average Bonchev–Trinajstić information content (AvgIpc) is 2.71. The van der Waals surface area contributed by atoms with E-state index in [0.29, 0.717) is 6.04 Å². The van der Waals surface area contributed by atoms with Crippen molar-refractivity contribution in [3.8, 4) is 0 Å². The first-order chi connectivity index (χ1) is 10.2. The van der Waals surface area contributed by atoms with Crippen LogP contribution in [0.4, 0.5) is 16.2 Å². The number of hydrogen-bond donors (Lipinski definition) is 3. The highest BCUT2D eigenvalue weighted by molar-refractivity contribution is 5.89. The molecule has 2 aliphatic heterocycles. The topological polar surface area (TPSA) is 56.4 Å². The Kier molecular flexibility index (Phi) is 4.01. The number of rotatable bonds is 3. The molecule has 2 amide bonds. The zero-order valence-electron chi connectivity index (χ0n) is 12.7. The molecule has 2 heterocycles. The van der Waals surface area contributed by atoms with Crippen molar-refractivity contribution in [3.05, 3.63) is 24.3 Å². The average molecular weight is 288 g/mol. The van der Waals surface area contributed by atoms with Crippen LogP contribution in [0.1, 0.15) is 25.7 Å². The normalized spacial score (nSPS) is 28.2. The minimum atomic E-state index is -0.192. The van der Waals surface area contributed by atoms with Gasteiger partial charge < -0.3 is 20.9 Å². The molecular weight excluding hydrogens is 264 g/mol. The Morgan fingerprint density at radius 2 is 1.67 bits per heavy atom. The van der Waals surface area contributed by atoms with Crippen molar-refractivity contribution in [1.29, 1.82) is 0 Å². The number of benzene rings is 1. The lowest BCUT2D eigenvalue weighted by Gasteiger charge is -2.37. The van der Waals surface area contributed by atoms with Crippen molar-refractivity contribution >= 4 is 17.4 Å². The van der Waals surface area contributed by atoms with Crippen LogP contribution in [0.5, 0.6) is 0 Å². The molecule has 1 aromatic carbocycles. The van der Waals surface area contributed by atoms with Crippen molar-refractivity contribution in [2.24, 2.45) is 0 Å². The van der Waals surface area contributed by atoms with Crippen LogP contribution < -0.4 is 16.0 Å². The summed E-state index contributed by atoms with van der Waals surface area (Å²) in [5.41, 5.74) is 1.94. The zero-order chi connectivity index (χ0) is 14.8. The highest BCUT2D eigenvalue weighted by Crippen LogP contribution is 2.35. The quantitative estimate of drug-likeness (QED) is 0.801. The van der Waals surface area contributed by atoms with E-state index in [-0.39, 0.29) is 6.03 Å². The lowest BCUT2D eigenvalue weighted by atomic mass is 9.98. The van der Waals surface area contributed by atoms with Crippen LogP contribution in [0.3, 0.4) is 0 Å². The lowest BCUT2D eigenvalue weighted by molar-refractivity contribution is 0.169. The Balaban J connectivity index is 1.57. The predicted molar refractivity (Wildman–Crippen MR) is 85.7 cm³/mol. The second kappa shape index (κ2) is 5.93. The monoisotopic (exact) mass is 288 g/mol. The van der Waals surface area contributed by atoms with Gasteiger partial charge in [-0.15, -0.1) is 0 Å². The summed E-state index contributed by atoms with van der Waals surface area (Å²) in [6, 6.07) is 9.80. The van der Waals surface area contributed by atoms with Crippen LogP contribution in [-0.4, -0.2) is 43.2 Å². The molecule has 3 rings (SSSR count). The third-order valence-electron chi connectivity index (χ3n) is 4.84. The van der Waals surface area contributed by atoms with Gasteiger partial charge in [-0.2, -0.15) is 0 Å². The second-order valence-corrected chi connectivity index (χ2v) is 6.14. The molecule has 5 nitrogen and oxygen atoms in total. The number of fused-ring (bicyclic) bond motifs is 2. The van der Waals surface area contributed by atoms with Crippen molar-refractivity contribution in [2.45, 2.75) is 43.8 Å². The number of piperidine rings is 1. The van der Waals surface area contributed by atoms with E-state index >= 15 is 0 Å². The molecule has 0 radical (unpaired) electrons. The zero-order valence-corrected chi connectivity index (χ0v) is 12.7. The van der Waals surface area contributed by atoms with Crippen molar-refractivity contribution < 1.29 is 4.79 Å². The Bertz CT molecular complexity index is 488. The van der Waals surface area contributed by atoms with Crippen LogP contribution in [0.15, 0.2) is 24.3 Å². The van der Waals surface area contributed by atoms with Crippen LogP contribution in [0.25, 0.3) is 0 Å². The van der Waals surface area contributed by atoms with Crippen LogP contribution in [0, 0.1) is 0 Å². The van der Waals surface area contributed by atoms with E-state index in [0.717, 1.165) is 23.5 Å². The number of nitrogens with zero attached hydrogens (tertiary/aromatic N) is 1. The molecule has 0 aromatic heterocycles. The molecule has 0 spiro atoms. The van der Waals surface area contributed by atoms with Gasteiger partial charge in [-0.25, -0.2) is 4.79 Å². The summed E-state index contributed by atoms with van der Waals surface area (Å²) in [5.74, 6) is 0. The van der Waals surface area contributed by atoms with Crippen LogP contribution in [0.2, 0.25) is 0 Å². The van der Waals surface area contributed by atoms with Gasteiger partial charge in [0, 0.05) is 36.5 Å². The first kappa shape index (κ1) is 14.2. The molecule has 1 aromatic rings. The summed E-state index contributed by atoms with van der Waals surface area (Å²) in [4.78, 5) is 13.8. The molecular formula is C16H24N4O. The standard InChI is InChI=1S/C16H24N4O/c1-17-16(21)19-12-5-3-11(4-6-12)18-13-9-14-7-8-15(10-13)20(14)2/h3-6,13-15,18H,7-10H2,1-2H3,(H2,17,19,21). The minimum absolute atomic E-state index is 0.192. The molecule has 0 aliphatic carbocycles. The highest BCUT2D eigenvalue weighted by Gasteiger charge is 2.38.